The monoisotopic (exact) mass is 386 g/mol. The minimum absolute atomic E-state index is 0.249. The number of amides is 1. The second-order valence-corrected chi connectivity index (χ2v) is 6.73. The number of nitriles is 1. The van der Waals surface area contributed by atoms with Crippen molar-refractivity contribution < 1.29 is 9.53 Å². The molecule has 124 valence electrons. The maximum atomic E-state index is 12.6. The molecule has 0 radical (unpaired) electrons. The maximum absolute atomic E-state index is 12.6. The van der Waals surface area contributed by atoms with Crippen molar-refractivity contribution in [1.82, 2.24) is 0 Å². The first kappa shape index (κ1) is 18.0. The van der Waals surface area contributed by atoms with Gasteiger partial charge in [0.1, 0.15) is 5.75 Å². The number of nitrogens with one attached hydrogen (secondary N) is 1. The van der Waals surface area contributed by atoms with Crippen molar-refractivity contribution in [1.29, 1.82) is 5.26 Å². The van der Waals surface area contributed by atoms with Crippen LogP contribution in [0.3, 0.4) is 0 Å². The van der Waals surface area contributed by atoms with E-state index < -0.39 is 0 Å². The standard InChI is InChI=1S/C19H19BrN2O2/c1-13(2)9-10-24-18-8-5-15(20)11-17(18)19(23)22-16-6-3-14(12-21)4-7-16/h3-8,11,13H,9-10H2,1-2H3,(H,22,23). The molecule has 0 atom stereocenters. The van der Waals surface area contributed by atoms with Gasteiger partial charge in [-0.15, -0.1) is 0 Å². The van der Waals surface area contributed by atoms with Crippen LogP contribution < -0.4 is 10.1 Å². The Labute approximate surface area is 150 Å². The van der Waals surface area contributed by atoms with Crippen molar-refractivity contribution in [2.75, 3.05) is 11.9 Å². The summed E-state index contributed by atoms with van der Waals surface area (Å²) in [6, 6.07) is 14.2. The van der Waals surface area contributed by atoms with Crippen molar-refractivity contribution in [2.24, 2.45) is 5.92 Å². The molecule has 5 heteroatoms. The molecular formula is C19H19BrN2O2. The first-order chi connectivity index (χ1) is 11.5. The highest BCUT2D eigenvalue weighted by Crippen LogP contribution is 2.25. The number of rotatable bonds is 6. The molecule has 0 saturated heterocycles. The lowest BCUT2D eigenvalue weighted by atomic mass is 10.1. The Morgan fingerprint density at radius 1 is 1.25 bits per heavy atom. The van der Waals surface area contributed by atoms with Gasteiger partial charge in [-0.2, -0.15) is 5.26 Å². The molecule has 0 unspecified atom stereocenters. The largest absolute Gasteiger partial charge is 0.493 e. The van der Waals surface area contributed by atoms with E-state index in [4.69, 9.17) is 10.00 Å². The second-order valence-electron chi connectivity index (χ2n) is 5.81. The molecule has 4 nitrogen and oxygen atoms in total. The van der Waals surface area contributed by atoms with Crippen molar-refractivity contribution in [3.05, 3.63) is 58.1 Å². The third-order valence-corrected chi connectivity index (χ3v) is 3.90. The van der Waals surface area contributed by atoms with Crippen LogP contribution in [0.15, 0.2) is 46.9 Å². The zero-order valence-corrected chi connectivity index (χ0v) is 15.3. The highest BCUT2D eigenvalue weighted by atomic mass is 79.9. The van der Waals surface area contributed by atoms with Gasteiger partial charge in [0.25, 0.3) is 5.91 Å². The molecule has 24 heavy (non-hydrogen) atoms. The van der Waals surface area contributed by atoms with Crippen LogP contribution in [0.5, 0.6) is 5.75 Å². The van der Waals surface area contributed by atoms with Crippen LogP contribution in [0.1, 0.15) is 36.2 Å². The fourth-order valence-electron chi connectivity index (χ4n) is 2.04. The summed E-state index contributed by atoms with van der Waals surface area (Å²) in [5, 5.41) is 11.6. The lowest BCUT2D eigenvalue weighted by Crippen LogP contribution is -2.14. The SMILES string of the molecule is CC(C)CCOc1ccc(Br)cc1C(=O)Nc1ccc(C#N)cc1. The van der Waals surface area contributed by atoms with Gasteiger partial charge in [-0.3, -0.25) is 4.79 Å². The van der Waals surface area contributed by atoms with E-state index in [1.165, 1.54) is 0 Å². The van der Waals surface area contributed by atoms with Gasteiger partial charge in [0, 0.05) is 10.2 Å². The molecular weight excluding hydrogens is 368 g/mol. The number of hydrogen-bond acceptors (Lipinski definition) is 3. The van der Waals surface area contributed by atoms with E-state index in [0.29, 0.717) is 35.1 Å². The smallest absolute Gasteiger partial charge is 0.259 e. The molecule has 0 aliphatic heterocycles. The summed E-state index contributed by atoms with van der Waals surface area (Å²) in [7, 11) is 0. The molecule has 0 aromatic heterocycles. The van der Waals surface area contributed by atoms with Crippen molar-refractivity contribution >= 4 is 27.5 Å². The Bertz CT molecular complexity index is 749. The zero-order valence-electron chi connectivity index (χ0n) is 13.7. The number of benzene rings is 2. The number of ether oxygens (including phenoxy) is 1. The molecule has 2 aromatic carbocycles. The second kappa shape index (κ2) is 8.51. The molecule has 0 saturated carbocycles. The predicted octanol–water partition coefficient (Wildman–Crippen LogP) is 5.00. The molecule has 0 heterocycles. The Kier molecular flexibility index (Phi) is 6.39. The van der Waals surface area contributed by atoms with E-state index in [2.05, 4.69) is 35.1 Å². The number of nitrogens with zero attached hydrogens (tertiary/aromatic N) is 1. The topological polar surface area (TPSA) is 62.1 Å². The molecule has 0 aliphatic carbocycles. The van der Waals surface area contributed by atoms with Crippen LogP contribution in [0.25, 0.3) is 0 Å². The van der Waals surface area contributed by atoms with E-state index in [-0.39, 0.29) is 5.91 Å². The summed E-state index contributed by atoms with van der Waals surface area (Å²) in [5.41, 5.74) is 1.65. The van der Waals surface area contributed by atoms with Crippen molar-refractivity contribution in [3.8, 4) is 11.8 Å². The number of anilines is 1. The lowest BCUT2D eigenvalue weighted by Gasteiger charge is -2.13. The van der Waals surface area contributed by atoms with Crippen molar-refractivity contribution in [2.45, 2.75) is 20.3 Å². The summed E-state index contributed by atoms with van der Waals surface area (Å²) < 4.78 is 6.58. The zero-order chi connectivity index (χ0) is 17.5. The van der Waals surface area contributed by atoms with Gasteiger partial charge < -0.3 is 10.1 Å². The summed E-state index contributed by atoms with van der Waals surface area (Å²) in [6.45, 7) is 4.82. The van der Waals surface area contributed by atoms with Gasteiger partial charge >= 0.3 is 0 Å². The first-order valence-electron chi connectivity index (χ1n) is 7.73. The Balaban J connectivity index is 2.14. The quantitative estimate of drug-likeness (QED) is 0.759. The molecule has 1 amide bonds. The summed E-state index contributed by atoms with van der Waals surface area (Å²) in [6.07, 6.45) is 0.923. The lowest BCUT2D eigenvalue weighted by molar-refractivity contribution is 0.102. The van der Waals surface area contributed by atoms with Crippen LogP contribution in [-0.4, -0.2) is 12.5 Å². The molecule has 1 N–H and O–H groups in total. The van der Waals surface area contributed by atoms with E-state index in [0.717, 1.165) is 10.9 Å². The van der Waals surface area contributed by atoms with Gasteiger partial charge in [-0.05, 0) is 54.8 Å². The molecule has 0 fully saturated rings. The highest BCUT2D eigenvalue weighted by Gasteiger charge is 2.14. The fourth-order valence-corrected chi connectivity index (χ4v) is 2.40. The Morgan fingerprint density at radius 3 is 2.58 bits per heavy atom. The average Bonchev–Trinajstić information content (AvgIpc) is 2.56. The maximum Gasteiger partial charge on any atom is 0.259 e. The molecule has 0 bridgehead atoms. The van der Waals surface area contributed by atoms with Gasteiger partial charge in [-0.25, -0.2) is 0 Å². The van der Waals surface area contributed by atoms with Crippen LogP contribution in [0.2, 0.25) is 0 Å². The summed E-state index contributed by atoms with van der Waals surface area (Å²) in [4.78, 5) is 12.6. The van der Waals surface area contributed by atoms with Gasteiger partial charge in [-0.1, -0.05) is 29.8 Å². The number of carbonyl (C=O) groups is 1. The highest BCUT2D eigenvalue weighted by molar-refractivity contribution is 9.10. The van der Waals surface area contributed by atoms with E-state index >= 15 is 0 Å². The minimum Gasteiger partial charge on any atom is -0.493 e. The minimum atomic E-state index is -0.249. The number of hydrogen-bond donors (Lipinski definition) is 1. The number of halogens is 1. The van der Waals surface area contributed by atoms with Crippen LogP contribution in [-0.2, 0) is 0 Å². The van der Waals surface area contributed by atoms with Crippen LogP contribution in [0.4, 0.5) is 5.69 Å². The first-order valence-corrected chi connectivity index (χ1v) is 8.52. The molecule has 0 spiro atoms. The molecule has 2 aromatic rings. The predicted molar refractivity (Wildman–Crippen MR) is 98.2 cm³/mol. The fraction of sp³-hybridized carbons (Fsp3) is 0.263. The third kappa shape index (κ3) is 5.10. The molecule has 2 rings (SSSR count). The van der Waals surface area contributed by atoms with E-state index in [9.17, 15) is 4.79 Å². The van der Waals surface area contributed by atoms with Gasteiger partial charge in [0.2, 0.25) is 0 Å². The van der Waals surface area contributed by atoms with Crippen LogP contribution >= 0.6 is 15.9 Å². The Morgan fingerprint density at radius 2 is 1.96 bits per heavy atom. The van der Waals surface area contributed by atoms with E-state index in [1.807, 2.05) is 12.1 Å². The van der Waals surface area contributed by atoms with Crippen LogP contribution in [0, 0.1) is 17.2 Å². The van der Waals surface area contributed by atoms with E-state index in [1.54, 1.807) is 36.4 Å². The summed E-state index contributed by atoms with van der Waals surface area (Å²) in [5.74, 6) is 0.849. The normalized spacial score (nSPS) is 10.3. The summed E-state index contributed by atoms with van der Waals surface area (Å²) >= 11 is 3.39. The van der Waals surface area contributed by atoms with Crippen molar-refractivity contribution in [3.63, 3.8) is 0 Å². The van der Waals surface area contributed by atoms with Gasteiger partial charge in [0.05, 0.1) is 23.8 Å². The average molecular weight is 387 g/mol. The Hall–Kier alpha value is -2.32. The third-order valence-electron chi connectivity index (χ3n) is 3.41. The number of carbonyl (C=O) groups excluding carboxylic acids is 1. The molecule has 0 aliphatic rings. The van der Waals surface area contributed by atoms with Gasteiger partial charge in [0.15, 0.2) is 0 Å².